The molecule has 2 N–H and O–H groups in total. The summed E-state index contributed by atoms with van der Waals surface area (Å²) in [4.78, 5) is 11.2. The Hall–Kier alpha value is -0.620. The number of ether oxygens (including phenoxy) is 1. The molecule has 1 rings (SSSR count). The molecule has 0 aliphatic carbocycles. The Morgan fingerprint density at radius 3 is 2.23 bits per heavy atom. The number of sulfone groups is 1. The van der Waals surface area contributed by atoms with Crippen LogP contribution in [-0.4, -0.2) is 38.5 Å². The summed E-state index contributed by atoms with van der Waals surface area (Å²) in [5, 5.41) is 0. The first-order chi connectivity index (χ1) is 5.90. The van der Waals surface area contributed by atoms with Crippen molar-refractivity contribution in [1.29, 1.82) is 0 Å². The van der Waals surface area contributed by atoms with E-state index in [0.717, 1.165) is 0 Å². The first kappa shape index (κ1) is 10.5. The quantitative estimate of drug-likeness (QED) is 0.561. The molecule has 1 saturated heterocycles. The van der Waals surface area contributed by atoms with E-state index in [9.17, 15) is 13.2 Å². The predicted octanol–water partition coefficient (Wildman–Crippen LogP) is -0.934. The van der Waals surface area contributed by atoms with Crippen molar-refractivity contribution in [2.75, 3.05) is 18.6 Å². The molecule has 76 valence electrons. The number of rotatable bonds is 1. The van der Waals surface area contributed by atoms with Gasteiger partial charge in [0.15, 0.2) is 0 Å². The number of esters is 1. The van der Waals surface area contributed by atoms with Gasteiger partial charge in [-0.1, -0.05) is 0 Å². The fourth-order valence-electron chi connectivity index (χ4n) is 1.31. The molecular formula is C7H13NO4S. The van der Waals surface area contributed by atoms with Crippen LogP contribution in [0, 0.1) is 0 Å². The van der Waals surface area contributed by atoms with Crippen LogP contribution >= 0.6 is 0 Å². The molecule has 0 bridgehead atoms. The van der Waals surface area contributed by atoms with Crippen LogP contribution in [0.1, 0.15) is 12.8 Å². The van der Waals surface area contributed by atoms with Gasteiger partial charge >= 0.3 is 5.97 Å². The van der Waals surface area contributed by atoms with Crippen molar-refractivity contribution < 1.29 is 17.9 Å². The minimum atomic E-state index is -2.98. The molecule has 0 aromatic carbocycles. The molecule has 0 saturated carbocycles. The molecule has 0 aromatic rings. The fourth-order valence-corrected chi connectivity index (χ4v) is 2.86. The molecule has 1 heterocycles. The Kier molecular flexibility index (Phi) is 2.63. The molecule has 0 radical (unpaired) electrons. The van der Waals surface area contributed by atoms with E-state index >= 15 is 0 Å². The minimum Gasteiger partial charge on any atom is -0.468 e. The van der Waals surface area contributed by atoms with Crippen LogP contribution in [0.2, 0.25) is 0 Å². The Bertz CT molecular complexity index is 294. The average molecular weight is 207 g/mol. The van der Waals surface area contributed by atoms with Crippen molar-refractivity contribution in [3.63, 3.8) is 0 Å². The van der Waals surface area contributed by atoms with Gasteiger partial charge < -0.3 is 10.5 Å². The lowest BCUT2D eigenvalue weighted by Gasteiger charge is -2.29. The molecule has 1 fully saturated rings. The molecule has 1 aliphatic rings. The zero-order valence-electron chi connectivity index (χ0n) is 7.45. The van der Waals surface area contributed by atoms with E-state index in [1.54, 1.807) is 0 Å². The van der Waals surface area contributed by atoms with E-state index in [4.69, 9.17) is 5.73 Å². The van der Waals surface area contributed by atoms with E-state index in [1.165, 1.54) is 7.11 Å². The van der Waals surface area contributed by atoms with Gasteiger partial charge in [-0.05, 0) is 12.8 Å². The zero-order valence-corrected chi connectivity index (χ0v) is 8.26. The van der Waals surface area contributed by atoms with Crippen molar-refractivity contribution in [2.45, 2.75) is 18.4 Å². The van der Waals surface area contributed by atoms with Gasteiger partial charge in [0, 0.05) is 0 Å². The maximum absolute atomic E-state index is 11.2. The molecule has 0 spiro atoms. The number of methoxy groups -OCH3 is 1. The second-order valence-corrected chi connectivity index (χ2v) is 5.60. The highest BCUT2D eigenvalue weighted by Crippen LogP contribution is 2.22. The van der Waals surface area contributed by atoms with Crippen LogP contribution in [0.4, 0.5) is 0 Å². The third kappa shape index (κ3) is 2.19. The van der Waals surface area contributed by atoms with Crippen molar-refractivity contribution in [2.24, 2.45) is 5.73 Å². The minimum absolute atomic E-state index is 0.0292. The zero-order chi connectivity index (χ0) is 10.1. The first-order valence-electron chi connectivity index (χ1n) is 3.97. The van der Waals surface area contributed by atoms with Crippen molar-refractivity contribution in [1.82, 2.24) is 0 Å². The van der Waals surface area contributed by atoms with Gasteiger partial charge in [0.1, 0.15) is 15.4 Å². The Morgan fingerprint density at radius 2 is 1.85 bits per heavy atom. The Morgan fingerprint density at radius 1 is 1.38 bits per heavy atom. The number of hydrogen-bond acceptors (Lipinski definition) is 5. The van der Waals surface area contributed by atoms with Gasteiger partial charge in [-0.25, -0.2) is 8.42 Å². The van der Waals surface area contributed by atoms with E-state index in [1.807, 2.05) is 0 Å². The predicted molar refractivity (Wildman–Crippen MR) is 46.8 cm³/mol. The number of hydrogen-bond donors (Lipinski definition) is 1. The summed E-state index contributed by atoms with van der Waals surface area (Å²) in [7, 11) is -1.73. The van der Waals surface area contributed by atoms with Crippen molar-refractivity contribution >= 4 is 15.8 Å². The van der Waals surface area contributed by atoms with Crippen LogP contribution in [0.3, 0.4) is 0 Å². The number of carbonyl (C=O) groups excluding carboxylic acids is 1. The highest BCUT2D eigenvalue weighted by molar-refractivity contribution is 7.91. The van der Waals surface area contributed by atoms with Gasteiger partial charge in [-0.2, -0.15) is 0 Å². The number of carbonyl (C=O) groups is 1. The maximum atomic E-state index is 11.2. The summed E-state index contributed by atoms with van der Waals surface area (Å²) in [6, 6.07) is 0. The smallest absolute Gasteiger partial charge is 0.325 e. The second kappa shape index (κ2) is 3.26. The normalized spacial score (nSPS) is 25.1. The van der Waals surface area contributed by atoms with Crippen LogP contribution in [-0.2, 0) is 19.4 Å². The van der Waals surface area contributed by atoms with Crippen LogP contribution in [0.25, 0.3) is 0 Å². The summed E-state index contributed by atoms with van der Waals surface area (Å²) in [6.45, 7) is 0. The summed E-state index contributed by atoms with van der Waals surface area (Å²) >= 11 is 0. The molecule has 13 heavy (non-hydrogen) atoms. The molecule has 1 aliphatic heterocycles. The molecule has 0 amide bonds. The van der Waals surface area contributed by atoms with Crippen molar-refractivity contribution in [3.05, 3.63) is 0 Å². The summed E-state index contributed by atoms with van der Waals surface area (Å²) in [6.07, 6.45) is 0.310. The van der Waals surface area contributed by atoms with E-state index in [-0.39, 0.29) is 24.3 Å². The first-order valence-corrected chi connectivity index (χ1v) is 5.79. The standard InChI is InChI=1S/C7H13NO4S/c1-12-6(9)7(8)2-4-13(10,11)5-3-7/h2-5,8H2,1H3. The van der Waals surface area contributed by atoms with Gasteiger partial charge in [-0.3, -0.25) is 4.79 Å². The molecule has 0 atom stereocenters. The van der Waals surface area contributed by atoms with Crippen LogP contribution in [0.15, 0.2) is 0 Å². The maximum Gasteiger partial charge on any atom is 0.325 e. The largest absolute Gasteiger partial charge is 0.468 e. The second-order valence-electron chi connectivity index (χ2n) is 3.30. The van der Waals surface area contributed by atoms with Gasteiger partial charge in [0.05, 0.1) is 18.6 Å². The third-order valence-electron chi connectivity index (χ3n) is 2.31. The summed E-state index contributed by atoms with van der Waals surface area (Å²) in [5.74, 6) is -0.584. The van der Waals surface area contributed by atoms with Crippen LogP contribution < -0.4 is 5.73 Å². The average Bonchev–Trinajstić information content (AvgIpc) is 2.09. The van der Waals surface area contributed by atoms with E-state index < -0.39 is 21.3 Å². The lowest BCUT2D eigenvalue weighted by atomic mass is 9.94. The molecule has 6 heteroatoms. The Balaban J connectivity index is 2.72. The molecule has 0 unspecified atom stereocenters. The van der Waals surface area contributed by atoms with Crippen molar-refractivity contribution in [3.8, 4) is 0 Å². The lowest BCUT2D eigenvalue weighted by Crippen LogP contribution is -2.53. The van der Waals surface area contributed by atoms with Gasteiger partial charge in [0.25, 0.3) is 0 Å². The Labute approximate surface area is 77.2 Å². The lowest BCUT2D eigenvalue weighted by molar-refractivity contribution is -0.147. The molecule has 0 aromatic heterocycles. The number of nitrogens with two attached hydrogens (primary N) is 1. The SMILES string of the molecule is COC(=O)C1(N)CCS(=O)(=O)CC1. The topological polar surface area (TPSA) is 86.5 Å². The highest BCUT2D eigenvalue weighted by Gasteiger charge is 2.40. The van der Waals surface area contributed by atoms with E-state index in [0.29, 0.717) is 0 Å². The molecular weight excluding hydrogens is 194 g/mol. The fraction of sp³-hybridized carbons (Fsp3) is 0.857. The van der Waals surface area contributed by atoms with E-state index in [2.05, 4.69) is 4.74 Å². The highest BCUT2D eigenvalue weighted by atomic mass is 32.2. The van der Waals surface area contributed by atoms with Gasteiger partial charge in [-0.15, -0.1) is 0 Å². The summed E-state index contributed by atoms with van der Waals surface area (Å²) in [5.41, 5.74) is 4.60. The molecule has 5 nitrogen and oxygen atoms in total. The monoisotopic (exact) mass is 207 g/mol. The third-order valence-corrected chi connectivity index (χ3v) is 3.96. The van der Waals surface area contributed by atoms with Gasteiger partial charge in [0.2, 0.25) is 0 Å². The van der Waals surface area contributed by atoms with Crippen LogP contribution in [0.5, 0.6) is 0 Å². The summed E-state index contributed by atoms with van der Waals surface area (Å²) < 4.78 is 26.6.